The summed E-state index contributed by atoms with van der Waals surface area (Å²) < 4.78 is 0. The topological polar surface area (TPSA) is 43.8 Å². The van der Waals surface area contributed by atoms with E-state index in [9.17, 15) is 9.90 Å². The Bertz CT molecular complexity index is 329. The average molecular weight is 280 g/mol. The number of piperidine rings is 1. The normalized spacial score (nSPS) is 26.1. The third-order valence-corrected chi connectivity index (χ3v) is 5.27. The zero-order chi connectivity index (χ0) is 13.9. The van der Waals surface area contributed by atoms with Gasteiger partial charge in [0, 0.05) is 18.7 Å². The summed E-state index contributed by atoms with van der Waals surface area (Å²) >= 11 is 0. The largest absolute Gasteiger partial charge is 0.396 e. The minimum absolute atomic E-state index is 0.304. The van der Waals surface area contributed by atoms with Crippen LogP contribution in [-0.4, -0.2) is 59.1 Å². The standard InChI is InChI=1S/C16H28N2O2/c19-12-13-7-9-17(10-8-13)11-16(20)18(15-5-6-15)14-3-1-2-4-14/h13-15,19H,1-12H2. The fraction of sp³-hybridized carbons (Fsp3) is 0.938. The molecule has 3 aliphatic rings. The molecule has 1 aliphatic heterocycles. The van der Waals surface area contributed by atoms with Gasteiger partial charge >= 0.3 is 0 Å². The van der Waals surface area contributed by atoms with Gasteiger partial charge in [-0.15, -0.1) is 0 Å². The van der Waals surface area contributed by atoms with Crippen LogP contribution in [0.3, 0.4) is 0 Å². The van der Waals surface area contributed by atoms with Gasteiger partial charge in [0.25, 0.3) is 0 Å². The van der Waals surface area contributed by atoms with Crippen LogP contribution < -0.4 is 0 Å². The van der Waals surface area contributed by atoms with Crippen LogP contribution >= 0.6 is 0 Å². The highest BCUT2D eigenvalue weighted by Gasteiger charge is 2.38. The van der Waals surface area contributed by atoms with Gasteiger partial charge in [0.1, 0.15) is 0 Å². The van der Waals surface area contributed by atoms with Crippen molar-refractivity contribution in [3.63, 3.8) is 0 Å². The smallest absolute Gasteiger partial charge is 0.237 e. The van der Waals surface area contributed by atoms with Gasteiger partial charge in [-0.1, -0.05) is 12.8 Å². The number of nitrogens with zero attached hydrogens (tertiary/aromatic N) is 2. The lowest BCUT2D eigenvalue weighted by Crippen LogP contribution is -2.47. The summed E-state index contributed by atoms with van der Waals surface area (Å²) in [4.78, 5) is 17.2. The molecule has 2 aliphatic carbocycles. The molecular formula is C16H28N2O2. The predicted octanol–water partition coefficient (Wildman–Crippen LogP) is 1.62. The summed E-state index contributed by atoms with van der Waals surface area (Å²) in [6, 6.07) is 1.09. The number of rotatable bonds is 5. The molecule has 4 heteroatoms. The van der Waals surface area contributed by atoms with Gasteiger partial charge in [0.05, 0.1) is 6.54 Å². The first-order valence-electron chi connectivity index (χ1n) is 8.42. The maximum absolute atomic E-state index is 12.7. The van der Waals surface area contributed by atoms with Crippen LogP contribution in [0.5, 0.6) is 0 Å². The zero-order valence-electron chi connectivity index (χ0n) is 12.5. The Kier molecular flexibility index (Phi) is 4.61. The molecule has 3 rings (SSSR count). The molecule has 0 bridgehead atoms. The summed E-state index contributed by atoms with van der Waals surface area (Å²) in [5.41, 5.74) is 0. The summed E-state index contributed by atoms with van der Waals surface area (Å²) in [6.07, 6.45) is 9.53. The van der Waals surface area contributed by atoms with Crippen molar-refractivity contribution in [3.8, 4) is 0 Å². The van der Waals surface area contributed by atoms with E-state index in [0.29, 0.717) is 37.1 Å². The van der Waals surface area contributed by atoms with Crippen molar-refractivity contribution in [1.82, 2.24) is 9.80 Å². The summed E-state index contributed by atoms with van der Waals surface area (Å²) in [5, 5.41) is 9.18. The molecule has 1 amide bonds. The van der Waals surface area contributed by atoms with Gasteiger partial charge in [-0.3, -0.25) is 9.69 Å². The van der Waals surface area contributed by atoms with Crippen LogP contribution in [0.15, 0.2) is 0 Å². The number of carbonyl (C=O) groups is 1. The van der Waals surface area contributed by atoms with Gasteiger partial charge in [-0.25, -0.2) is 0 Å². The van der Waals surface area contributed by atoms with E-state index < -0.39 is 0 Å². The third kappa shape index (κ3) is 3.34. The van der Waals surface area contributed by atoms with E-state index in [1.54, 1.807) is 0 Å². The fourth-order valence-electron chi connectivity index (χ4n) is 3.84. The molecule has 4 nitrogen and oxygen atoms in total. The van der Waals surface area contributed by atoms with E-state index in [1.807, 2.05) is 0 Å². The third-order valence-electron chi connectivity index (χ3n) is 5.27. The summed E-state index contributed by atoms with van der Waals surface area (Å²) in [5.74, 6) is 0.817. The lowest BCUT2D eigenvalue weighted by atomic mass is 9.98. The van der Waals surface area contributed by atoms with Crippen LogP contribution in [0.25, 0.3) is 0 Å². The van der Waals surface area contributed by atoms with E-state index in [0.717, 1.165) is 25.9 Å². The monoisotopic (exact) mass is 280 g/mol. The highest BCUT2D eigenvalue weighted by molar-refractivity contribution is 5.79. The van der Waals surface area contributed by atoms with Gasteiger partial charge < -0.3 is 10.0 Å². The first-order chi connectivity index (χ1) is 9.78. The number of aliphatic hydroxyl groups excluding tert-OH is 1. The number of amides is 1. The van der Waals surface area contributed by atoms with Crippen molar-refractivity contribution in [2.45, 2.75) is 63.5 Å². The molecule has 0 atom stereocenters. The Morgan fingerprint density at radius 3 is 2.15 bits per heavy atom. The van der Waals surface area contributed by atoms with Crippen LogP contribution in [0.4, 0.5) is 0 Å². The lowest BCUT2D eigenvalue weighted by Gasteiger charge is -2.34. The molecule has 114 valence electrons. The van der Waals surface area contributed by atoms with E-state index >= 15 is 0 Å². The SMILES string of the molecule is O=C(CN1CCC(CO)CC1)N(C1CCCC1)C1CC1. The summed E-state index contributed by atoms with van der Waals surface area (Å²) in [7, 11) is 0. The first kappa shape index (κ1) is 14.3. The maximum Gasteiger partial charge on any atom is 0.237 e. The van der Waals surface area contributed by atoms with Crippen molar-refractivity contribution < 1.29 is 9.90 Å². The Hall–Kier alpha value is -0.610. The molecule has 0 spiro atoms. The van der Waals surface area contributed by atoms with Gasteiger partial charge in [0.15, 0.2) is 0 Å². The van der Waals surface area contributed by atoms with Crippen LogP contribution in [-0.2, 0) is 4.79 Å². The first-order valence-corrected chi connectivity index (χ1v) is 8.42. The summed E-state index contributed by atoms with van der Waals surface area (Å²) in [6.45, 7) is 2.85. The molecule has 20 heavy (non-hydrogen) atoms. The fourth-order valence-corrected chi connectivity index (χ4v) is 3.84. The molecule has 0 unspecified atom stereocenters. The molecule has 1 saturated heterocycles. The minimum atomic E-state index is 0.304. The zero-order valence-corrected chi connectivity index (χ0v) is 12.5. The molecule has 3 fully saturated rings. The molecule has 0 aromatic carbocycles. The van der Waals surface area contributed by atoms with Crippen molar-refractivity contribution in [1.29, 1.82) is 0 Å². The van der Waals surface area contributed by atoms with Crippen molar-refractivity contribution >= 4 is 5.91 Å². The number of hydrogen-bond acceptors (Lipinski definition) is 3. The van der Waals surface area contributed by atoms with Crippen LogP contribution in [0.1, 0.15) is 51.4 Å². The predicted molar refractivity (Wildman–Crippen MR) is 78.4 cm³/mol. The Morgan fingerprint density at radius 2 is 1.60 bits per heavy atom. The number of aliphatic hydroxyl groups is 1. The molecule has 0 aromatic heterocycles. The highest BCUT2D eigenvalue weighted by atomic mass is 16.3. The van der Waals surface area contributed by atoms with Crippen molar-refractivity contribution in [2.24, 2.45) is 5.92 Å². The van der Waals surface area contributed by atoms with Crippen LogP contribution in [0, 0.1) is 5.92 Å². The highest BCUT2D eigenvalue weighted by Crippen LogP contribution is 2.34. The molecule has 0 radical (unpaired) electrons. The lowest BCUT2D eigenvalue weighted by molar-refractivity contribution is -0.135. The molecule has 1 N–H and O–H groups in total. The van der Waals surface area contributed by atoms with E-state index in [1.165, 1.54) is 38.5 Å². The van der Waals surface area contributed by atoms with E-state index in [-0.39, 0.29) is 0 Å². The molecule has 2 saturated carbocycles. The number of likely N-dealkylation sites (tertiary alicyclic amines) is 1. The van der Waals surface area contributed by atoms with Crippen LogP contribution in [0.2, 0.25) is 0 Å². The second kappa shape index (κ2) is 6.44. The Labute approximate surface area is 122 Å². The van der Waals surface area contributed by atoms with E-state index in [2.05, 4.69) is 9.80 Å². The van der Waals surface area contributed by atoms with Gasteiger partial charge in [0.2, 0.25) is 5.91 Å². The minimum Gasteiger partial charge on any atom is -0.396 e. The Balaban J connectivity index is 1.52. The molecule has 0 aromatic rings. The van der Waals surface area contributed by atoms with Crippen molar-refractivity contribution in [2.75, 3.05) is 26.2 Å². The number of hydrogen-bond donors (Lipinski definition) is 1. The van der Waals surface area contributed by atoms with Gasteiger partial charge in [-0.2, -0.15) is 0 Å². The van der Waals surface area contributed by atoms with Gasteiger partial charge in [-0.05, 0) is 57.5 Å². The quantitative estimate of drug-likeness (QED) is 0.832. The van der Waals surface area contributed by atoms with Crippen molar-refractivity contribution in [3.05, 3.63) is 0 Å². The molecule has 1 heterocycles. The second-order valence-corrected chi connectivity index (χ2v) is 6.87. The Morgan fingerprint density at radius 1 is 1.00 bits per heavy atom. The number of carbonyl (C=O) groups excluding carboxylic acids is 1. The molecular weight excluding hydrogens is 252 g/mol. The average Bonchev–Trinajstić information content (AvgIpc) is 3.14. The van der Waals surface area contributed by atoms with E-state index in [4.69, 9.17) is 0 Å². The maximum atomic E-state index is 12.7. The second-order valence-electron chi connectivity index (χ2n) is 6.87.